The third-order valence-corrected chi connectivity index (χ3v) is 15.0. The molecule has 0 amide bonds. The number of rotatable bonds is 22. The van der Waals surface area contributed by atoms with Crippen molar-refractivity contribution < 1.29 is 0 Å². The zero-order chi connectivity index (χ0) is 49.2. The lowest BCUT2D eigenvalue weighted by Gasteiger charge is -2.26. The Hall–Kier alpha value is -7.24. The standard InChI is InChI=1S/C68H64N2S2/c1-3-5-15-53-33-41-61(42-34-53)69(65-21-13-23-67(49-65)71-51-59-17-9-7-10-18-59)63-45-37-57(38-46-63)31-29-55-25-27-56(28-26-55)30-32-58-39-47-64(48-40-58)70(62-43-35-54(36-44-62)16-6-4-2)66-22-14-24-68(50-66)72-52-60-19-11-8-12-20-60/h7-14,17-50H,3-6,15-16,51-52H2,1-2H3. The van der Waals surface area contributed by atoms with Crippen molar-refractivity contribution in [2.24, 2.45) is 0 Å². The molecule has 2 nitrogen and oxygen atoms in total. The van der Waals surface area contributed by atoms with Crippen molar-refractivity contribution in [3.8, 4) is 0 Å². The molecule has 0 N–H and O–H groups in total. The molecule has 9 rings (SSSR count). The van der Waals surface area contributed by atoms with E-state index < -0.39 is 0 Å². The first-order valence-electron chi connectivity index (χ1n) is 25.5. The lowest BCUT2D eigenvalue weighted by molar-refractivity contribution is 0.795. The average Bonchev–Trinajstić information content (AvgIpc) is 3.44. The maximum absolute atomic E-state index is 2.38. The molecule has 358 valence electrons. The first-order valence-corrected chi connectivity index (χ1v) is 27.5. The molecule has 0 bridgehead atoms. The predicted molar refractivity (Wildman–Crippen MR) is 316 cm³/mol. The number of hydrogen-bond donors (Lipinski definition) is 0. The third-order valence-electron chi connectivity index (χ3n) is 12.9. The Kier molecular flexibility index (Phi) is 17.8. The number of nitrogens with zero attached hydrogens (tertiary/aromatic N) is 2. The molecule has 9 aromatic carbocycles. The predicted octanol–water partition coefficient (Wildman–Crippen LogP) is 20.2. The Morgan fingerprint density at radius 3 is 0.958 bits per heavy atom. The van der Waals surface area contributed by atoms with Gasteiger partial charge in [0.05, 0.1) is 0 Å². The quantitative estimate of drug-likeness (QED) is 0.0493. The van der Waals surface area contributed by atoms with Gasteiger partial charge in [-0.25, -0.2) is 0 Å². The van der Waals surface area contributed by atoms with Gasteiger partial charge in [-0.15, -0.1) is 23.5 Å². The van der Waals surface area contributed by atoms with Crippen LogP contribution in [0.5, 0.6) is 0 Å². The van der Waals surface area contributed by atoms with Gasteiger partial charge < -0.3 is 9.80 Å². The second-order valence-electron chi connectivity index (χ2n) is 18.3. The molecule has 0 aliphatic heterocycles. The maximum atomic E-state index is 2.38. The normalized spacial score (nSPS) is 11.4. The zero-order valence-electron chi connectivity index (χ0n) is 41.6. The summed E-state index contributed by atoms with van der Waals surface area (Å²) in [4.78, 5) is 7.26. The van der Waals surface area contributed by atoms with Crippen molar-refractivity contribution in [2.75, 3.05) is 9.80 Å². The van der Waals surface area contributed by atoms with E-state index in [2.05, 4.69) is 278 Å². The van der Waals surface area contributed by atoms with Crippen LogP contribution in [0.4, 0.5) is 34.1 Å². The monoisotopic (exact) mass is 972 g/mol. The van der Waals surface area contributed by atoms with E-state index in [9.17, 15) is 0 Å². The molecule has 0 aromatic heterocycles. The molecule has 0 saturated carbocycles. The Labute approximate surface area is 437 Å². The van der Waals surface area contributed by atoms with E-state index in [-0.39, 0.29) is 0 Å². The van der Waals surface area contributed by atoms with E-state index in [0.29, 0.717) is 0 Å². The number of aryl methyl sites for hydroxylation is 2. The van der Waals surface area contributed by atoms with Crippen molar-refractivity contribution in [1.82, 2.24) is 0 Å². The summed E-state index contributed by atoms with van der Waals surface area (Å²) in [5, 5.41) is 0. The number of thioether (sulfide) groups is 2. The van der Waals surface area contributed by atoms with E-state index in [1.807, 2.05) is 23.5 Å². The van der Waals surface area contributed by atoms with Crippen molar-refractivity contribution in [2.45, 2.75) is 73.7 Å². The van der Waals surface area contributed by atoms with Gasteiger partial charge in [-0.1, -0.05) is 197 Å². The highest BCUT2D eigenvalue weighted by atomic mass is 32.2. The van der Waals surface area contributed by atoms with Crippen LogP contribution in [0.3, 0.4) is 0 Å². The van der Waals surface area contributed by atoms with Crippen LogP contribution in [-0.4, -0.2) is 0 Å². The van der Waals surface area contributed by atoms with Crippen LogP contribution in [0.15, 0.2) is 240 Å². The Balaban J connectivity index is 0.869. The lowest BCUT2D eigenvalue weighted by atomic mass is 10.1. The molecule has 0 heterocycles. The van der Waals surface area contributed by atoms with Gasteiger partial charge in [0.2, 0.25) is 0 Å². The maximum Gasteiger partial charge on any atom is 0.0472 e. The molecule has 0 unspecified atom stereocenters. The zero-order valence-corrected chi connectivity index (χ0v) is 43.2. The molecule has 0 atom stereocenters. The van der Waals surface area contributed by atoms with E-state index in [1.54, 1.807) is 0 Å². The highest BCUT2D eigenvalue weighted by molar-refractivity contribution is 7.98. The van der Waals surface area contributed by atoms with Crippen LogP contribution < -0.4 is 9.80 Å². The van der Waals surface area contributed by atoms with E-state index in [0.717, 1.165) is 80.7 Å². The van der Waals surface area contributed by atoms with Gasteiger partial charge in [0.15, 0.2) is 0 Å². The molecule has 9 aromatic rings. The van der Waals surface area contributed by atoms with Crippen LogP contribution >= 0.6 is 23.5 Å². The van der Waals surface area contributed by atoms with Gasteiger partial charge in [-0.05, 0) is 155 Å². The minimum Gasteiger partial charge on any atom is -0.310 e. The SMILES string of the molecule is CCCCc1ccc(N(c2ccc(C=Cc3ccc(C=Cc4ccc(N(c5ccc(CCCC)cc5)c5cccc(SCc6ccccc6)c5)cc4)cc3)cc2)c2cccc(SCc3ccccc3)c2)cc1. The van der Waals surface area contributed by atoms with E-state index in [1.165, 1.54) is 57.7 Å². The van der Waals surface area contributed by atoms with Crippen molar-refractivity contribution in [3.63, 3.8) is 0 Å². The first kappa shape index (κ1) is 49.7. The summed E-state index contributed by atoms with van der Waals surface area (Å²) in [6.07, 6.45) is 15.8. The smallest absolute Gasteiger partial charge is 0.0472 e. The summed E-state index contributed by atoms with van der Waals surface area (Å²) >= 11 is 3.75. The summed E-state index contributed by atoms with van der Waals surface area (Å²) in [7, 11) is 0. The van der Waals surface area contributed by atoms with Gasteiger partial charge in [0, 0.05) is 55.4 Å². The largest absolute Gasteiger partial charge is 0.310 e. The molecular weight excluding hydrogens is 909 g/mol. The van der Waals surface area contributed by atoms with Gasteiger partial charge in [-0.2, -0.15) is 0 Å². The second kappa shape index (κ2) is 25.7. The molecule has 0 aliphatic carbocycles. The number of benzene rings is 9. The Morgan fingerprint density at radius 2 is 0.625 bits per heavy atom. The minimum atomic E-state index is 0.938. The van der Waals surface area contributed by atoms with Gasteiger partial charge in [0.1, 0.15) is 0 Å². The summed E-state index contributed by atoms with van der Waals surface area (Å²) in [6.45, 7) is 4.51. The van der Waals surface area contributed by atoms with Gasteiger partial charge in [0.25, 0.3) is 0 Å². The fourth-order valence-electron chi connectivity index (χ4n) is 8.76. The molecule has 72 heavy (non-hydrogen) atoms. The highest BCUT2D eigenvalue weighted by Crippen LogP contribution is 2.39. The molecule has 0 saturated heterocycles. The Bertz CT molecular complexity index is 2890. The average molecular weight is 973 g/mol. The van der Waals surface area contributed by atoms with Crippen LogP contribution in [0.2, 0.25) is 0 Å². The molecule has 0 spiro atoms. The van der Waals surface area contributed by atoms with Crippen molar-refractivity contribution >= 4 is 82.0 Å². The van der Waals surface area contributed by atoms with Crippen LogP contribution in [-0.2, 0) is 24.3 Å². The molecular formula is C68H64N2S2. The van der Waals surface area contributed by atoms with Crippen molar-refractivity contribution in [1.29, 1.82) is 0 Å². The number of anilines is 6. The Morgan fingerprint density at radius 1 is 0.306 bits per heavy atom. The minimum absolute atomic E-state index is 0.938. The van der Waals surface area contributed by atoms with E-state index in [4.69, 9.17) is 0 Å². The summed E-state index contributed by atoms with van der Waals surface area (Å²) < 4.78 is 0. The first-order chi connectivity index (χ1) is 35.6. The molecule has 0 aliphatic rings. The summed E-state index contributed by atoms with van der Waals surface area (Å²) in [6, 6.07) is 84.1. The van der Waals surface area contributed by atoms with Gasteiger partial charge in [-0.3, -0.25) is 0 Å². The second-order valence-corrected chi connectivity index (χ2v) is 20.4. The molecule has 0 fully saturated rings. The highest BCUT2D eigenvalue weighted by Gasteiger charge is 2.16. The third kappa shape index (κ3) is 14.0. The fraction of sp³-hybridized carbons (Fsp3) is 0.147. The lowest BCUT2D eigenvalue weighted by Crippen LogP contribution is -2.10. The van der Waals surface area contributed by atoms with Crippen LogP contribution in [0.1, 0.15) is 84.0 Å². The number of hydrogen-bond acceptors (Lipinski definition) is 4. The van der Waals surface area contributed by atoms with E-state index >= 15 is 0 Å². The molecule has 0 radical (unpaired) electrons. The number of unbranched alkanes of at least 4 members (excludes halogenated alkanes) is 2. The van der Waals surface area contributed by atoms with Gasteiger partial charge >= 0.3 is 0 Å². The molecule has 4 heteroatoms. The summed E-state index contributed by atoms with van der Waals surface area (Å²) in [5.41, 5.74) is 17.0. The topological polar surface area (TPSA) is 6.48 Å². The van der Waals surface area contributed by atoms with Crippen LogP contribution in [0.25, 0.3) is 24.3 Å². The summed E-state index contributed by atoms with van der Waals surface area (Å²) in [5.74, 6) is 1.88. The van der Waals surface area contributed by atoms with Crippen LogP contribution in [0, 0.1) is 0 Å². The van der Waals surface area contributed by atoms with Crippen molar-refractivity contribution in [3.05, 3.63) is 275 Å². The fourth-order valence-corrected chi connectivity index (χ4v) is 10.6.